The van der Waals surface area contributed by atoms with Crippen LogP contribution in [0.5, 0.6) is 5.75 Å². The normalized spacial score (nSPS) is 10.2. The van der Waals surface area contributed by atoms with E-state index < -0.39 is 11.7 Å². The first kappa shape index (κ1) is 15.4. The fraction of sp³-hybridized carbons (Fsp3) is 0.0714. The van der Waals surface area contributed by atoms with Crippen LogP contribution in [0.25, 0.3) is 0 Å². The van der Waals surface area contributed by atoms with Gasteiger partial charge in [-0.1, -0.05) is 23.2 Å². The summed E-state index contributed by atoms with van der Waals surface area (Å²) < 4.78 is 18.1. The van der Waals surface area contributed by atoms with Gasteiger partial charge < -0.3 is 15.8 Å². The number of benzene rings is 2. The monoisotopic (exact) mass is 328 g/mol. The van der Waals surface area contributed by atoms with E-state index in [-0.39, 0.29) is 17.4 Å². The molecule has 0 aliphatic heterocycles. The molecule has 2 aromatic rings. The lowest BCUT2D eigenvalue weighted by Crippen LogP contribution is -2.20. The zero-order chi connectivity index (χ0) is 15.4. The quantitative estimate of drug-likeness (QED) is 0.840. The van der Waals surface area contributed by atoms with Crippen molar-refractivity contribution < 1.29 is 13.9 Å². The molecule has 0 aliphatic rings. The largest absolute Gasteiger partial charge is 0.482 e. The molecule has 1 amide bonds. The number of anilines is 2. The molecule has 0 saturated carbocycles. The van der Waals surface area contributed by atoms with E-state index in [9.17, 15) is 9.18 Å². The van der Waals surface area contributed by atoms with Gasteiger partial charge in [-0.15, -0.1) is 0 Å². The molecule has 2 rings (SSSR count). The van der Waals surface area contributed by atoms with Crippen LogP contribution in [0.1, 0.15) is 0 Å². The lowest BCUT2D eigenvalue weighted by molar-refractivity contribution is -0.118. The molecule has 0 atom stereocenters. The zero-order valence-corrected chi connectivity index (χ0v) is 12.2. The molecule has 110 valence electrons. The number of amides is 1. The molecule has 0 spiro atoms. The van der Waals surface area contributed by atoms with Gasteiger partial charge >= 0.3 is 0 Å². The Morgan fingerprint density at radius 1 is 1.19 bits per heavy atom. The van der Waals surface area contributed by atoms with Gasteiger partial charge in [0.25, 0.3) is 5.91 Å². The highest BCUT2D eigenvalue weighted by Crippen LogP contribution is 2.25. The molecule has 2 aromatic carbocycles. The number of hydrogen-bond acceptors (Lipinski definition) is 3. The molecular formula is C14H11Cl2FN2O2. The van der Waals surface area contributed by atoms with E-state index in [1.54, 1.807) is 12.1 Å². The fourth-order valence-electron chi connectivity index (χ4n) is 1.55. The highest BCUT2D eigenvalue weighted by molar-refractivity contribution is 6.33. The van der Waals surface area contributed by atoms with Gasteiger partial charge in [0.1, 0.15) is 11.6 Å². The molecule has 0 fully saturated rings. The van der Waals surface area contributed by atoms with Crippen LogP contribution in [0, 0.1) is 5.82 Å². The summed E-state index contributed by atoms with van der Waals surface area (Å²) in [5, 5.41) is 3.09. The van der Waals surface area contributed by atoms with E-state index in [2.05, 4.69) is 5.32 Å². The summed E-state index contributed by atoms with van der Waals surface area (Å²) >= 11 is 11.6. The Balaban J connectivity index is 1.94. The summed E-state index contributed by atoms with van der Waals surface area (Å²) in [4.78, 5) is 11.7. The van der Waals surface area contributed by atoms with Crippen molar-refractivity contribution in [3.63, 3.8) is 0 Å². The number of rotatable bonds is 4. The van der Waals surface area contributed by atoms with E-state index in [0.29, 0.717) is 16.4 Å². The second kappa shape index (κ2) is 6.65. The molecule has 21 heavy (non-hydrogen) atoms. The summed E-state index contributed by atoms with van der Waals surface area (Å²) in [5.41, 5.74) is 6.48. The topological polar surface area (TPSA) is 64.3 Å². The third-order valence-corrected chi connectivity index (χ3v) is 3.17. The van der Waals surface area contributed by atoms with Crippen molar-refractivity contribution in [2.45, 2.75) is 0 Å². The summed E-state index contributed by atoms with van der Waals surface area (Å²) in [6, 6.07) is 8.37. The number of ether oxygens (including phenoxy) is 1. The minimum absolute atomic E-state index is 0.0959. The Bertz CT molecular complexity index is 680. The highest BCUT2D eigenvalue weighted by Gasteiger charge is 2.08. The van der Waals surface area contributed by atoms with Gasteiger partial charge in [0.2, 0.25) is 0 Å². The van der Waals surface area contributed by atoms with E-state index >= 15 is 0 Å². The van der Waals surface area contributed by atoms with Crippen LogP contribution in [0.3, 0.4) is 0 Å². The van der Waals surface area contributed by atoms with Gasteiger partial charge in [-0.3, -0.25) is 4.79 Å². The maximum absolute atomic E-state index is 12.9. The van der Waals surface area contributed by atoms with Crippen molar-refractivity contribution >= 4 is 40.5 Å². The molecular weight excluding hydrogens is 318 g/mol. The van der Waals surface area contributed by atoms with Gasteiger partial charge in [0.05, 0.1) is 15.7 Å². The van der Waals surface area contributed by atoms with Crippen molar-refractivity contribution in [1.82, 2.24) is 0 Å². The minimum atomic E-state index is -0.478. The maximum atomic E-state index is 12.9. The first-order chi connectivity index (χ1) is 9.95. The molecule has 0 radical (unpaired) electrons. The molecule has 0 bridgehead atoms. The van der Waals surface area contributed by atoms with Gasteiger partial charge in [0, 0.05) is 5.69 Å². The molecule has 0 aromatic heterocycles. The third kappa shape index (κ3) is 4.24. The van der Waals surface area contributed by atoms with Crippen molar-refractivity contribution in [3.8, 4) is 5.75 Å². The van der Waals surface area contributed by atoms with Gasteiger partial charge in [-0.25, -0.2) is 4.39 Å². The Hall–Kier alpha value is -1.98. The van der Waals surface area contributed by atoms with Gasteiger partial charge in [-0.05, 0) is 36.4 Å². The number of nitrogens with one attached hydrogen (secondary N) is 1. The average molecular weight is 329 g/mol. The molecule has 4 nitrogen and oxygen atoms in total. The first-order valence-electron chi connectivity index (χ1n) is 5.88. The van der Waals surface area contributed by atoms with Crippen LogP contribution in [-0.4, -0.2) is 12.5 Å². The summed E-state index contributed by atoms with van der Waals surface area (Å²) in [6.07, 6.45) is 0. The third-order valence-electron chi connectivity index (χ3n) is 2.53. The number of carbonyl (C=O) groups excluding carboxylic acids is 1. The SMILES string of the molecule is Nc1cc(NC(=O)COc2ccc(F)cc2Cl)ccc1Cl. The van der Waals surface area contributed by atoms with Crippen LogP contribution in [-0.2, 0) is 4.79 Å². The van der Waals surface area contributed by atoms with Gasteiger partial charge in [-0.2, -0.15) is 0 Å². The van der Waals surface area contributed by atoms with E-state index in [1.807, 2.05) is 0 Å². The van der Waals surface area contributed by atoms with Crippen molar-refractivity contribution in [1.29, 1.82) is 0 Å². The Morgan fingerprint density at radius 2 is 1.95 bits per heavy atom. The predicted molar refractivity (Wildman–Crippen MR) is 81.4 cm³/mol. The van der Waals surface area contributed by atoms with E-state index in [4.69, 9.17) is 33.7 Å². The molecule has 0 heterocycles. The lowest BCUT2D eigenvalue weighted by atomic mass is 10.3. The molecule has 0 aliphatic carbocycles. The number of carbonyl (C=O) groups is 1. The standard InChI is InChI=1S/C14H11Cl2FN2O2/c15-10-3-2-9(6-12(10)18)19-14(20)7-21-13-4-1-8(17)5-11(13)16/h1-6H,7,18H2,(H,19,20). The number of nitrogens with two attached hydrogens (primary N) is 1. The van der Waals surface area contributed by atoms with Crippen LogP contribution in [0.4, 0.5) is 15.8 Å². The zero-order valence-electron chi connectivity index (χ0n) is 10.7. The number of halogens is 3. The second-order valence-corrected chi connectivity index (χ2v) is 4.96. The maximum Gasteiger partial charge on any atom is 0.262 e. The van der Waals surface area contributed by atoms with Crippen LogP contribution < -0.4 is 15.8 Å². The smallest absolute Gasteiger partial charge is 0.262 e. The Morgan fingerprint density at radius 3 is 2.62 bits per heavy atom. The summed E-state index contributed by atoms with van der Waals surface area (Å²) in [6.45, 7) is -0.270. The fourth-order valence-corrected chi connectivity index (χ4v) is 1.89. The Kier molecular flexibility index (Phi) is 4.88. The first-order valence-corrected chi connectivity index (χ1v) is 6.64. The molecule has 0 unspecified atom stereocenters. The van der Waals surface area contributed by atoms with Crippen LogP contribution in [0.2, 0.25) is 10.0 Å². The van der Waals surface area contributed by atoms with Crippen molar-refractivity contribution in [2.24, 2.45) is 0 Å². The highest BCUT2D eigenvalue weighted by atomic mass is 35.5. The van der Waals surface area contributed by atoms with Crippen molar-refractivity contribution in [3.05, 3.63) is 52.3 Å². The van der Waals surface area contributed by atoms with E-state index in [0.717, 1.165) is 6.07 Å². The number of nitrogen functional groups attached to an aromatic ring is 1. The van der Waals surface area contributed by atoms with Gasteiger partial charge in [0.15, 0.2) is 6.61 Å². The lowest BCUT2D eigenvalue weighted by Gasteiger charge is -2.09. The number of hydrogen-bond donors (Lipinski definition) is 2. The second-order valence-electron chi connectivity index (χ2n) is 4.15. The molecule has 7 heteroatoms. The average Bonchev–Trinajstić information content (AvgIpc) is 2.42. The molecule has 3 N–H and O–H groups in total. The van der Waals surface area contributed by atoms with Crippen molar-refractivity contribution in [2.75, 3.05) is 17.7 Å². The summed E-state index contributed by atoms with van der Waals surface area (Å²) in [5.74, 6) is -0.658. The minimum Gasteiger partial charge on any atom is -0.482 e. The Labute approximate surface area is 130 Å². The molecule has 0 saturated heterocycles. The van der Waals surface area contributed by atoms with Crippen LogP contribution in [0.15, 0.2) is 36.4 Å². The van der Waals surface area contributed by atoms with E-state index in [1.165, 1.54) is 18.2 Å². The predicted octanol–water partition coefficient (Wildman–Crippen LogP) is 3.73. The van der Waals surface area contributed by atoms with Crippen LogP contribution >= 0.6 is 23.2 Å². The summed E-state index contributed by atoms with van der Waals surface area (Å²) in [7, 11) is 0.